The van der Waals surface area contributed by atoms with E-state index >= 15 is 0 Å². The maximum atomic E-state index is 13.7. The summed E-state index contributed by atoms with van der Waals surface area (Å²) in [6, 6.07) is 22.0. The lowest BCUT2D eigenvalue weighted by Gasteiger charge is -2.31. The van der Waals surface area contributed by atoms with Crippen LogP contribution in [0.25, 0.3) is 10.9 Å². The molecule has 5 aromatic rings. The lowest BCUT2D eigenvalue weighted by Crippen LogP contribution is -2.35. The number of nitrogens with zero attached hydrogens (tertiary/aromatic N) is 5. The van der Waals surface area contributed by atoms with Gasteiger partial charge in [0.15, 0.2) is 5.82 Å². The van der Waals surface area contributed by atoms with Gasteiger partial charge in [-0.2, -0.15) is 0 Å². The minimum Gasteiger partial charge on any atom is -0.497 e. The van der Waals surface area contributed by atoms with Crippen molar-refractivity contribution in [2.75, 3.05) is 7.11 Å². The topological polar surface area (TPSA) is 88.9 Å². The number of tetrazole rings is 1. The van der Waals surface area contributed by atoms with E-state index in [9.17, 15) is 4.79 Å². The van der Waals surface area contributed by atoms with Crippen LogP contribution in [0.2, 0.25) is 0 Å². The number of methoxy groups -OCH3 is 1. The fraction of sp³-hybridized carbons (Fsp3) is 0.310. The summed E-state index contributed by atoms with van der Waals surface area (Å²) < 4.78 is 7.44. The Kier molecular flexibility index (Phi) is 7.02. The minimum atomic E-state index is -0.452. The van der Waals surface area contributed by atoms with Crippen LogP contribution in [0.1, 0.15) is 59.6 Å². The summed E-state index contributed by atoms with van der Waals surface area (Å²) in [6.07, 6.45) is 4.40. The number of hydrogen-bond acceptors (Lipinski definition) is 7. The summed E-state index contributed by atoms with van der Waals surface area (Å²) >= 11 is 1.71. The van der Waals surface area contributed by atoms with Gasteiger partial charge in [-0.1, -0.05) is 49.2 Å². The molecule has 9 heteroatoms. The van der Waals surface area contributed by atoms with Crippen LogP contribution in [0.3, 0.4) is 0 Å². The van der Waals surface area contributed by atoms with Gasteiger partial charge < -0.3 is 9.72 Å². The number of fused-ring (bicyclic) bond motifs is 1. The molecule has 0 radical (unpaired) electrons. The molecule has 0 spiro atoms. The molecular formula is C29H30N6O2S. The van der Waals surface area contributed by atoms with Crippen molar-refractivity contribution in [1.82, 2.24) is 30.1 Å². The van der Waals surface area contributed by atoms with Crippen LogP contribution in [0.15, 0.2) is 76.9 Å². The third kappa shape index (κ3) is 4.99. The summed E-state index contributed by atoms with van der Waals surface area (Å²) in [5.41, 5.74) is 2.40. The number of hydrogen-bond donors (Lipinski definition) is 1. The Balaban J connectivity index is 1.53. The number of ether oxygens (including phenoxy) is 1. The number of rotatable bonds is 9. The number of aromatic amines is 1. The summed E-state index contributed by atoms with van der Waals surface area (Å²) in [5, 5.41) is 16.1. The molecule has 8 nitrogen and oxygen atoms in total. The zero-order valence-electron chi connectivity index (χ0n) is 21.3. The van der Waals surface area contributed by atoms with Crippen LogP contribution in [0.4, 0.5) is 0 Å². The van der Waals surface area contributed by atoms with Gasteiger partial charge in [0, 0.05) is 34.4 Å². The highest BCUT2D eigenvalue weighted by molar-refractivity contribution is 7.09. The zero-order chi connectivity index (χ0) is 25.9. The zero-order valence-corrected chi connectivity index (χ0v) is 22.1. The molecule has 0 bridgehead atoms. The van der Waals surface area contributed by atoms with E-state index in [0.717, 1.165) is 47.9 Å². The van der Waals surface area contributed by atoms with E-state index in [4.69, 9.17) is 4.74 Å². The van der Waals surface area contributed by atoms with E-state index in [2.05, 4.69) is 55.1 Å². The Morgan fingerprint density at radius 3 is 2.68 bits per heavy atom. The van der Waals surface area contributed by atoms with Crippen molar-refractivity contribution in [3.05, 3.63) is 104 Å². The summed E-state index contributed by atoms with van der Waals surface area (Å²) in [4.78, 5) is 20.4. The van der Waals surface area contributed by atoms with Crippen LogP contribution in [0.5, 0.6) is 5.75 Å². The second-order valence-corrected chi connectivity index (χ2v) is 10.8. The first kappa shape index (κ1) is 24.5. The first-order chi connectivity index (χ1) is 18.7. The number of H-pyrrole nitrogens is 1. The molecule has 1 aliphatic rings. The van der Waals surface area contributed by atoms with E-state index in [1.807, 2.05) is 47.1 Å². The molecule has 0 aliphatic heterocycles. The molecule has 2 aromatic carbocycles. The number of benzene rings is 2. The molecule has 0 unspecified atom stereocenters. The van der Waals surface area contributed by atoms with Crippen molar-refractivity contribution in [3.8, 4) is 5.75 Å². The summed E-state index contributed by atoms with van der Waals surface area (Å²) in [6.45, 7) is 1.29. The molecule has 1 N–H and O–H groups in total. The van der Waals surface area contributed by atoms with Crippen LogP contribution in [0, 0.1) is 0 Å². The third-order valence-electron chi connectivity index (χ3n) is 7.34. The van der Waals surface area contributed by atoms with Crippen LogP contribution in [-0.4, -0.2) is 37.2 Å². The highest BCUT2D eigenvalue weighted by Gasteiger charge is 2.33. The van der Waals surface area contributed by atoms with E-state index in [0.29, 0.717) is 24.5 Å². The van der Waals surface area contributed by atoms with Gasteiger partial charge in [0.25, 0.3) is 5.56 Å². The normalized spacial score (nSPS) is 14.9. The Hall–Kier alpha value is -3.82. The molecule has 0 saturated heterocycles. The van der Waals surface area contributed by atoms with Gasteiger partial charge in [-0.05, 0) is 64.5 Å². The highest BCUT2D eigenvalue weighted by Crippen LogP contribution is 2.35. The van der Waals surface area contributed by atoms with Crippen molar-refractivity contribution < 1.29 is 4.74 Å². The molecule has 1 aliphatic carbocycles. The molecule has 1 saturated carbocycles. The quantitative estimate of drug-likeness (QED) is 0.273. The molecule has 1 atom stereocenters. The minimum absolute atomic E-state index is 0.141. The maximum absolute atomic E-state index is 13.7. The average molecular weight is 527 g/mol. The van der Waals surface area contributed by atoms with Gasteiger partial charge in [-0.15, -0.1) is 16.4 Å². The third-order valence-corrected chi connectivity index (χ3v) is 8.20. The van der Waals surface area contributed by atoms with Crippen molar-refractivity contribution in [3.63, 3.8) is 0 Å². The Morgan fingerprint density at radius 1 is 1.08 bits per heavy atom. The van der Waals surface area contributed by atoms with Crippen molar-refractivity contribution >= 4 is 22.2 Å². The monoisotopic (exact) mass is 526 g/mol. The van der Waals surface area contributed by atoms with E-state index in [-0.39, 0.29) is 11.6 Å². The van der Waals surface area contributed by atoms with Gasteiger partial charge in [0.1, 0.15) is 11.8 Å². The van der Waals surface area contributed by atoms with E-state index in [1.54, 1.807) is 18.4 Å². The SMILES string of the molecule is COc1ccc2[nH]c(=O)c([C@@H](c3nnnn3C3CCCC3)N(Cc3ccccc3)Cc3cccs3)cc2c1. The molecule has 38 heavy (non-hydrogen) atoms. The van der Waals surface area contributed by atoms with Gasteiger partial charge in [0.2, 0.25) is 0 Å². The molecule has 3 aromatic heterocycles. The lowest BCUT2D eigenvalue weighted by molar-refractivity contribution is 0.192. The molecule has 194 valence electrons. The van der Waals surface area contributed by atoms with Gasteiger partial charge in [-0.25, -0.2) is 4.68 Å². The molecule has 6 rings (SSSR count). The smallest absolute Gasteiger partial charge is 0.253 e. The largest absolute Gasteiger partial charge is 0.497 e. The molecule has 0 amide bonds. The van der Waals surface area contributed by atoms with Crippen molar-refractivity contribution in [2.45, 2.75) is 50.9 Å². The van der Waals surface area contributed by atoms with Gasteiger partial charge in [-0.3, -0.25) is 9.69 Å². The fourth-order valence-electron chi connectivity index (χ4n) is 5.48. The van der Waals surface area contributed by atoms with Gasteiger partial charge in [0.05, 0.1) is 13.2 Å². The van der Waals surface area contributed by atoms with Gasteiger partial charge >= 0.3 is 0 Å². The Morgan fingerprint density at radius 2 is 1.92 bits per heavy atom. The predicted molar refractivity (Wildman–Crippen MR) is 148 cm³/mol. The van der Waals surface area contributed by atoms with Crippen molar-refractivity contribution in [1.29, 1.82) is 0 Å². The highest BCUT2D eigenvalue weighted by atomic mass is 32.1. The Labute approximate surface area is 224 Å². The number of aromatic nitrogens is 5. The predicted octanol–water partition coefficient (Wildman–Crippen LogP) is 5.49. The number of nitrogens with one attached hydrogen (secondary N) is 1. The van der Waals surface area contributed by atoms with Crippen LogP contribution >= 0.6 is 11.3 Å². The standard InChI is InChI=1S/C29H30N6O2S/c1-37-23-13-14-26-21(16-23)17-25(29(36)30-26)27(28-31-32-33-35(28)22-10-5-6-11-22)34(19-24-12-7-15-38-24)18-20-8-3-2-4-9-20/h2-4,7-9,12-17,22,27H,5-6,10-11,18-19H2,1H3,(H,30,36)/t27-/m0/s1. The molecule has 3 heterocycles. The van der Waals surface area contributed by atoms with Crippen LogP contribution < -0.4 is 10.3 Å². The first-order valence-electron chi connectivity index (χ1n) is 13.0. The average Bonchev–Trinajstić information content (AvgIpc) is 3.73. The summed E-state index contributed by atoms with van der Waals surface area (Å²) in [7, 11) is 1.65. The second-order valence-electron chi connectivity index (χ2n) is 9.80. The first-order valence-corrected chi connectivity index (χ1v) is 13.9. The fourth-order valence-corrected chi connectivity index (χ4v) is 6.21. The van der Waals surface area contributed by atoms with Crippen molar-refractivity contribution in [2.24, 2.45) is 0 Å². The number of thiophene rings is 1. The molecular weight excluding hydrogens is 496 g/mol. The van der Waals surface area contributed by atoms with Crippen LogP contribution in [-0.2, 0) is 13.1 Å². The number of pyridine rings is 1. The summed E-state index contributed by atoms with van der Waals surface area (Å²) in [5.74, 6) is 1.44. The molecule has 1 fully saturated rings. The Bertz CT molecular complexity index is 1560. The van der Waals surface area contributed by atoms with E-state index in [1.165, 1.54) is 4.88 Å². The second kappa shape index (κ2) is 10.9. The van der Waals surface area contributed by atoms with E-state index < -0.39 is 6.04 Å². The lowest BCUT2D eigenvalue weighted by atomic mass is 10.0. The maximum Gasteiger partial charge on any atom is 0.253 e.